The molecule has 3 N–H and O–H groups in total. The number of nitrogens with zero attached hydrogens (tertiary/aromatic N) is 6. The normalized spacial score (nSPS) is 17.3. The average molecular weight is 691 g/mol. The summed E-state index contributed by atoms with van der Waals surface area (Å²) in [4.78, 5) is 43.8. The lowest BCUT2D eigenvalue weighted by molar-refractivity contribution is -0.140. The third kappa shape index (κ3) is 6.85. The van der Waals surface area contributed by atoms with Crippen LogP contribution in [-0.4, -0.2) is 77.9 Å². The Bertz CT molecular complexity index is 1540. The van der Waals surface area contributed by atoms with E-state index in [9.17, 15) is 14.7 Å². The number of aromatic nitrogens is 4. The second-order valence-corrected chi connectivity index (χ2v) is 14.6. The molecule has 4 heterocycles. The highest BCUT2D eigenvalue weighted by atomic mass is 79.9. The number of aryl methyl sites for hydroxylation is 1. The smallest absolute Gasteiger partial charge is 0.408 e. The van der Waals surface area contributed by atoms with Gasteiger partial charge in [-0.25, -0.2) is 19.7 Å². The number of anilines is 1. The third-order valence-electron chi connectivity index (χ3n) is 7.97. The number of nitrogen functional groups attached to an aromatic ring is 1. The molecule has 2 aromatic heterocycles. The van der Waals surface area contributed by atoms with Gasteiger partial charge in [0.05, 0.1) is 0 Å². The quantitative estimate of drug-likeness (QED) is 0.279. The monoisotopic (exact) mass is 689 g/mol. The number of rotatable bonds is 9. The minimum Gasteiger partial charge on any atom is -0.465 e. The van der Waals surface area contributed by atoms with Crippen LogP contribution >= 0.6 is 27.7 Å². The summed E-state index contributed by atoms with van der Waals surface area (Å²) in [7, 11) is 0. The van der Waals surface area contributed by atoms with Crippen LogP contribution in [0, 0.1) is 11.8 Å². The van der Waals surface area contributed by atoms with Crippen LogP contribution in [0.2, 0.25) is 0 Å². The van der Waals surface area contributed by atoms with E-state index in [0.29, 0.717) is 54.5 Å². The van der Waals surface area contributed by atoms with Crippen molar-refractivity contribution >= 4 is 56.7 Å². The van der Waals surface area contributed by atoms with E-state index in [1.165, 1.54) is 23.0 Å². The molecule has 0 spiro atoms. The van der Waals surface area contributed by atoms with Gasteiger partial charge in [-0.2, -0.15) is 0 Å². The van der Waals surface area contributed by atoms with E-state index in [0.717, 1.165) is 33.8 Å². The first-order chi connectivity index (χ1) is 20.8. The fourth-order valence-electron chi connectivity index (χ4n) is 5.96. The zero-order chi connectivity index (χ0) is 31.8. The van der Waals surface area contributed by atoms with Crippen molar-refractivity contribution in [3.8, 4) is 11.5 Å². The molecule has 44 heavy (non-hydrogen) atoms. The Morgan fingerprint density at radius 2 is 1.95 bits per heavy atom. The second-order valence-electron chi connectivity index (χ2n) is 12.8. The Morgan fingerprint density at radius 3 is 2.64 bits per heavy atom. The van der Waals surface area contributed by atoms with Crippen LogP contribution in [0.25, 0.3) is 11.2 Å². The minimum absolute atomic E-state index is 0.113. The van der Waals surface area contributed by atoms with E-state index in [2.05, 4.69) is 30.5 Å². The number of fused-ring (bicyclic) bond motifs is 2. The van der Waals surface area contributed by atoms with Gasteiger partial charge in [0.1, 0.15) is 12.4 Å². The molecule has 2 atom stereocenters. The Labute approximate surface area is 269 Å². The van der Waals surface area contributed by atoms with Crippen LogP contribution in [-0.2, 0) is 11.3 Å². The molecule has 14 heteroatoms. The lowest BCUT2D eigenvalue weighted by atomic mass is 9.92. The number of hydrogen-bond donors (Lipinski definition) is 2. The minimum atomic E-state index is -1.07. The summed E-state index contributed by atoms with van der Waals surface area (Å²) in [5, 5.41) is 10.8. The van der Waals surface area contributed by atoms with Gasteiger partial charge < -0.3 is 29.8 Å². The summed E-state index contributed by atoms with van der Waals surface area (Å²) in [6.45, 7) is 11.5. The largest absolute Gasteiger partial charge is 0.465 e. The third-order valence-corrected chi connectivity index (χ3v) is 9.94. The molecule has 1 fully saturated rings. The molecule has 2 aliphatic rings. The number of piperidine rings is 1. The summed E-state index contributed by atoms with van der Waals surface area (Å²) in [5.74, 6) is 1.95. The van der Waals surface area contributed by atoms with Crippen molar-refractivity contribution in [1.29, 1.82) is 0 Å². The van der Waals surface area contributed by atoms with E-state index in [4.69, 9.17) is 20.2 Å². The predicted molar refractivity (Wildman–Crippen MR) is 171 cm³/mol. The van der Waals surface area contributed by atoms with Crippen molar-refractivity contribution in [2.75, 3.05) is 25.6 Å². The first kappa shape index (κ1) is 32.1. The fraction of sp³-hybridized carbons (Fsp3) is 0.567. The topological polar surface area (TPSA) is 149 Å². The first-order valence-corrected chi connectivity index (χ1v) is 16.5. The number of hydrogen-bond acceptors (Lipinski definition) is 9. The average Bonchev–Trinajstić information content (AvgIpc) is 3.54. The molecule has 3 aromatic rings. The summed E-state index contributed by atoms with van der Waals surface area (Å²) < 4.78 is 14.0. The van der Waals surface area contributed by atoms with Crippen molar-refractivity contribution in [3.63, 3.8) is 0 Å². The van der Waals surface area contributed by atoms with Crippen molar-refractivity contribution in [3.05, 3.63) is 22.9 Å². The number of benzene rings is 1. The molecule has 0 radical (unpaired) electrons. The van der Waals surface area contributed by atoms with Crippen molar-refractivity contribution in [2.24, 2.45) is 11.8 Å². The van der Waals surface area contributed by atoms with Crippen LogP contribution in [0.3, 0.4) is 0 Å². The summed E-state index contributed by atoms with van der Waals surface area (Å²) >= 11 is 5.12. The standard InChI is InChI=1S/C30H40BrN7O5S/c1-17(2)11-20(38(29(40)41)30(3,4)5)27(39)36-9-6-7-18(14-36)8-10-37-26-24(25(32)33-15-34-26)35-28(37)44-23-13-22-21(12-19(23)31)42-16-43-22/h12-13,15,17-18,20H,6-11,14,16H2,1-5H3,(H,40,41)(H2,32,33,34)/t18?,20-/m0/s1. The van der Waals surface area contributed by atoms with Gasteiger partial charge >= 0.3 is 6.09 Å². The number of nitrogens with two attached hydrogens (primary N) is 1. The molecule has 238 valence electrons. The van der Waals surface area contributed by atoms with Crippen molar-refractivity contribution in [2.45, 2.75) is 88.5 Å². The second kappa shape index (κ2) is 13.0. The summed E-state index contributed by atoms with van der Waals surface area (Å²) in [6.07, 6.45) is 3.46. The number of carbonyl (C=O) groups is 2. The number of imidazole rings is 1. The molecule has 1 aromatic carbocycles. The molecule has 1 saturated heterocycles. The SMILES string of the molecule is CC(C)C[C@@H](C(=O)N1CCCC(CCn2c(Sc3cc4c(cc3Br)OCO4)nc3c(N)ncnc32)C1)N(C(=O)O)C(C)(C)C. The molecular weight excluding hydrogens is 650 g/mol. The molecule has 1 unspecified atom stereocenters. The van der Waals surface area contributed by atoms with Gasteiger partial charge in [-0.3, -0.25) is 9.69 Å². The number of ether oxygens (including phenoxy) is 2. The highest BCUT2D eigenvalue weighted by Crippen LogP contribution is 2.43. The fourth-order valence-corrected chi connectivity index (χ4v) is 7.47. The highest BCUT2D eigenvalue weighted by Gasteiger charge is 2.40. The Hall–Kier alpha value is -3.26. The number of carbonyl (C=O) groups excluding carboxylic acids is 1. The van der Waals surface area contributed by atoms with Gasteiger partial charge in [0.15, 0.2) is 33.6 Å². The van der Waals surface area contributed by atoms with Gasteiger partial charge in [0.2, 0.25) is 12.7 Å². The molecule has 0 saturated carbocycles. The van der Waals surface area contributed by atoms with Crippen molar-refractivity contribution in [1.82, 2.24) is 29.3 Å². The van der Waals surface area contributed by atoms with Gasteiger partial charge in [0.25, 0.3) is 0 Å². The molecule has 2 aliphatic heterocycles. The van der Waals surface area contributed by atoms with Crippen LogP contribution in [0.15, 0.2) is 33.0 Å². The number of carboxylic acid groups (broad SMARTS) is 1. The number of likely N-dealkylation sites (tertiary alicyclic amines) is 1. The van der Waals surface area contributed by atoms with Crippen molar-refractivity contribution < 1.29 is 24.2 Å². The first-order valence-electron chi connectivity index (χ1n) is 14.9. The van der Waals surface area contributed by atoms with E-state index < -0.39 is 17.7 Å². The maximum absolute atomic E-state index is 13.9. The van der Waals surface area contributed by atoms with Crippen LogP contribution in [0.4, 0.5) is 10.6 Å². The summed E-state index contributed by atoms with van der Waals surface area (Å²) in [5.41, 5.74) is 6.68. The van der Waals surface area contributed by atoms with Gasteiger partial charge in [-0.1, -0.05) is 25.6 Å². The molecule has 0 bridgehead atoms. The van der Waals surface area contributed by atoms with E-state index >= 15 is 0 Å². The molecular formula is C30H40BrN7O5S. The number of halogens is 1. The van der Waals surface area contributed by atoms with Crippen LogP contribution in [0.5, 0.6) is 11.5 Å². The lowest BCUT2D eigenvalue weighted by Crippen LogP contribution is -2.58. The Kier molecular flexibility index (Phi) is 9.49. The van der Waals surface area contributed by atoms with E-state index in [1.807, 2.05) is 51.7 Å². The maximum atomic E-state index is 13.9. The summed E-state index contributed by atoms with van der Waals surface area (Å²) in [6, 6.07) is 3.08. The zero-order valence-electron chi connectivity index (χ0n) is 25.7. The van der Waals surface area contributed by atoms with Gasteiger partial charge in [0, 0.05) is 34.5 Å². The molecule has 12 nitrogen and oxygen atoms in total. The lowest BCUT2D eigenvalue weighted by Gasteiger charge is -2.43. The number of amides is 2. The van der Waals surface area contributed by atoms with Gasteiger partial charge in [-0.05, 0) is 86.4 Å². The van der Waals surface area contributed by atoms with Crippen LogP contribution in [0.1, 0.15) is 60.3 Å². The molecule has 5 rings (SSSR count). The van der Waals surface area contributed by atoms with Crippen LogP contribution < -0.4 is 15.2 Å². The van der Waals surface area contributed by atoms with E-state index in [-0.39, 0.29) is 24.5 Å². The van der Waals surface area contributed by atoms with Gasteiger partial charge in [-0.15, -0.1) is 0 Å². The molecule has 0 aliphatic carbocycles. The Morgan fingerprint density at radius 1 is 1.23 bits per heavy atom. The Balaban J connectivity index is 1.36. The predicted octanol–water partition coefficient (Wildman–Crippen LogP) is 5.87. The maximum Gasteiger partial charge on any atom is 0.408 e. The van der Waals surface area contributed by atoms with E-state index in [1.54, 1.807) is 0 Å². The molecule has 2 amide bonds. The highest BCUT2D eigenvalue weighted by molar-refractivity contribution is 9.10. The zero-order valence-corrected chi connectivity index (χ0v) is 28.2.